The Labute approximate surface area is 90.5 Å². The Morgan fingerprint density at radius 2 is 2.00 bits per heavy atom. The van der Waals surface area contributed by atoms with E-state index in [1.165, 1.54) is 18.5 Å². The largest absolute Gasteiger partial charge is 0.550 e. The second kappa shape index (κ2) is 3.73. The summed E-state index contributed by atoms with van der Waals surface area (Å²) in [5, 5.41) is 10.3. The number of hydrogen-bond acceptors (Lipinski definition) is 5. The summed E-state index contributed by atoms with van der Waals surface area (Å²) in [5.74, 6) is -2.28. The molecule has 0 atom stereocenters. The van der Waals surface area contributed by atoms with Crippen LogP contribution in [0.4, 0.5) is 0 Å². The summed E-state index contributed by atoms with van der Waals surface area (Å²) < 4.78 is 0. The predicted octanol–water partition coefficient (Wildman–Crippen LogP) is -1.18. The van der Waals surface area contributed by atoms with Crippen LogP contribution in [0.2, 0.25) is 0 Å². The van der Waals surface area contributed by atoms with E-state index in [0.29, 0.717) is 0 Å². The minimum absolute atomic E-state index is 0.172. The summed E-state index contributed by atoms with van der Waals surface area (Å²) in [6.07, 6.45) is 2.35. The Balaban J connectivity index is 2.25. The molecule has 0 unspecified atom stereocenters. The Morgan fingerprint density at radius 3 is 2.62 bits per heavy atom. The molecule has 6 heteroatoms. The van der Waals surface area contributed by atoms with Crippen LogP contribution in [0.5, 0.6) is 0 Å². The van der Waals surface area contributed by atoms with E-state index in [1.54, 1.807) is 0 Å². The summed E-state index contributed by atoms with van der Waals surface area (Å²) in [5.41, 5.74) is 0.476. The highest BCUT2D eigenvalue weighted by Crippen LogP contribution is 2.21. The molecule has 82 valence electrons. The van der Waals surface area contributed by atoms with Crippen molar-refractivity contribution in [1.29, 1.82) is 0 Å². The zero-order valence-corrected chi connectivity index (χ0v) is 8.17. The lowest BCUT2D eigenvalue weighted by Gasteiger charge is -2.13. The van der Waals surface area contributed by atoms with Gasteiger partial charge < -0.3 is 9.90 Å². The maximum atomic E-state index is 11.7. The molecular formula is C10H7N2O4-. The molecule has 0 fully saturated rings. The van der Waals surface area contributed by atoms with Crippen molar-refractivity contribution in [3.8, 4) is 0 Å². The van der Waals surface area contributed by atoms with Crippen molar-refractivity contribution in [2.24, 2.45) is 0 Å². The first-order chi connectivity index (χ1) is 7.61. The average Bonchev–Trinajstić information content (AvgIpc) is 2.50. The van der Waals surface area contributed by atoms with Crippen LogP contribution in [-0.2, 0) is 4.79 Å². The van der Waals surface area contributed by atoms with Gasteiger partial charge in [0.05, 0.1) is 11.1 Å². The van der Waals surface area contributed by atoms with Crippen LogP contribution in [0.15, 0.2) is 18.5 Å². The molecule has 0 radical (unpaired) electrons. The molecule has 0 aliphatic carbocycles. The molecule has 1 aliphatic heterocycles. The summed E-state index contributed by atoms with van der Waals surface area (Å²) in [6.45, 7) is -0.172. The highest BCUT2D eigenvalue weighted by atomic mass is 16.4. The van der Waals surface area contributed by atoms with Gasteiger partial charge in [-0.3, -0.25) is 19.5 Å². The minimum Gasteiger partial charge on any atom is -0.550 e. The number of nitrogens with zero attached hydrogens (tertiary/aromatic N) is 2. The number of carboxylic acid groups (broad SMARTS) is 1. The number of amides is 2. The topological polar surface area (TPSA) is 90.4 Å². The molecule has 0 spiro atoms. The van der Waals surface area contributed by atoms with Gasteiger partial charge in [0.2, 0.25) is 0 Å². The molecular weight excluding hydrogens is 212 g/mol. The fraction of sp³-hybridized carbons (Fsp3) is 0.200. The van der Waals surface area contributed by atoms with Gasteiger partial charge >= 0.3 is 0 Å². The first kappa shape index (κ1) is 10.3. The molecule has 1 aromatic rings. The van der Waals surface area contributed by atoms with Gasteiger partial charge in [0.1, 0.15) is 0 Å². The fourth-order valence-corrected chi connectivity index (χ4v) is 1.54. The van der Waals surface area contributed by atoms with Crippen LogP contribution in [0, 0.1) is 0 Å². The van der Waals surface area contributed by atoms with Crippen molar-refractivity contribution in [3.63, 3.8) is 0 Å². The molecule has 0 bridgehead atoms. The number of carbonyl (C=O) groups excluding carboxylic acids is 3. The monoisotopic (exact) mass is 219 g/mol. The lowest BCUT2D eigenvalue weighted by Crippen LogP contribution is -2.34. The smallest absolute Gasteiger partial charge is 0.263 e. The maximum absolute atomic E-state index is 11.7. The molecule has 2 rings (SSSR count). The Morgan fingerprint density at radius 1 is 1.31 bits per heavy atom. The zero-order valence-electron chi connectivity index (χ0n) is 8.17. The van der Waals surface area contributed by atoms with Crippen LogP contribution in [0.1, 0.15) is 27.1 Å². The minimum atomic E-state index is -1.30. The predicted molar refractivity (Wildman–Crippen MR) is 49.2 cm³/mol. The lowest BCUT2D eigenvalue weighted by molar-refractivity contribution is -0.305. The average molecular weight is 219 g/mol. The van der Waals surface area contributed by atoms with E-state index in [4.69, 9.17) is 0 Å². The maximum Gasteiger partial charge on any atom is 0.263 e. The first-order valence-electron chi connectivity index (χ1n) is 4.61. The van der Waals surface area contributed by atoms with Gasteiger partial charge in [-0.05, 0) is 6.07 Å². The molecule has 0 saturated heterocycles. The molecule has 2 heterocycles. The van der Waals surface area contributed by atoms with E-state index in [0.717, 1.165) is 4.90 Å². The van der Waals surface area contributed by atoms with Gasteiger partial charge in [-0.2, -0.15) is 0 Å². The molecule has 0 aromatic carbocycles. The number of pyridine rings is 1. The summed E-state index contributed by atoms with van der Waals surface area (Å²) >= 11 is 0. The van der Waals surface area contributed by atoms with Crippen molar-refractivity contribution in [1.82, 2.24) is 9.88 Å². The van der Waals surface area contributed by atoms with Crippen LogP contribution in [0.25, 0.3) is 0 Å². The lowest BCUT2D eigenvalue weighted by atomic mass is 10.2. The molecule has 0 N–H and O–H groups in total. The number of carboxylic acids is 1. The summed E-state index contributed by atoms with van der Waals surface area (Å²) in [7, 11) is 0. The van der Waals surface area contributed by atoms with E-state index in [1.807, 2.05) is 0 Å². The summed E-state index contributed by atoms with van der Waals surface area (Å²) in [4.78, 5) is 38.3. The van der Waals surface area contributed by atoms with Crippen molar-refractivity contribution in [3.05, 3.63) is 29.6 Å². The second-order valence-electron chi connectivity index (χ2n) is 3.31. The van der Waals surface area contributed by atoms with E-state index >= 15 is 0 Å². The normalized spacial score (nSPS) is 14.1. The van der Waals surface area contributed by atoms with Gasteiger partial charge in [-0.1, -0.05) is 0 Å². The van der Waals surface area contributed by atoms with Crippen LogP contribution in [-0.4, -0.2) is 34.2 Å². The van der Waals surface area contributed by atoms with Crippen LogP contribution in [0.3, 0.4) is 0 Å². The van der Waals surface area contributed by atoms with Crippen molar-refractivity contribution in [2.45, 2.75) is 6.42 Å². The quantitative estimate of drug-likeness (QED) is 0.596. The molecule has 2 amide bonds. The van der Waals surface area contributed by atoms with Gasteiger partial charge in [-0.15, -0.1) is 0 Å². The number of imide groups is 1. The second-order valence-corrected chi connectivity index (χ2v) is 3.31. The van der Waals surface area contributed by atoms with Gasteiger partial charge in [0.15, 0.2) is 0 Å². The van der Waals surface area contributed by atoms with E-state index in [2.05, 4.69) is 4.98 Å². The van der Waals surface area contributed by atoms with E-state index in [9.17, 15) is 19.5 Å². The van der Waals surface area contributed by atoms with Crippen molar-refractivity contribution < 1.29 is 19.5 Å². The Kier molecular flexibility index (Phi) is 2.40. The van der Waals surface area contributed by atoms with E-state index < -0.39 is 17.8 Å². The SMILES string of the molecule is O=C([O-])CCN1C(=O)c2ccncc2C1=O. The number of aromatic nitrogens is 1. The van der Waals surface area contributed by atoms with Crippen LogP contribution < -0.4 is 5.11 Å². The van der Waals surface area contributed by atoms with Crippen molar-refractivity contribution >= 4 is 17.8 Å². The molecule has 6 nitrogen and oxygen atoms in total. The van der Waals surface area contributed by atoms with Gasteiger partial charge in [-0.25, -0.2) is 0 Å². The number of rotatable bonds is 3. The van der Waals surface area contributed by atoms with E-state index in [-0.39, 0.29) is 24.1 Å². The highest BCUT2D eigenvalue weighted by Gasteiger charge is 2.34. The van der Waals surface area contributed by atoms with Crippen LogP contribution >= 0.6 is 0 Å². The third kappa shape index (κ3) is 1.54. The third-order valence-electron chi connectivity index (χ3n) is 2.31. The molecule has 1 aromatic heterocycles. The fourth-order valence-electron chi connectivity index (χ4n) is 1.54. The number of hydrogen-bond donors (Lipinski definition) is 0. The number of carbonyl (C=O) groups is 3. The standard InChI is InChI=1S/C10H8N2O4/c13-8(14)2-4-12-9(15)6-1-3-11-5-7(6)10(12)16/h1,3,5H,2,4H2,(H,13,14)/p-1. The van der Waals surface area contributed by atoms with Gasteiger partial charge in [0, 0.05) is 31.3 Å². The first-order valence-corrected chi connectivity index (χ1v) is 4.61. The molecule has 1 aliphatic rings. The number of aliphatic carboxylic acids is 1. The summed E-state index contributed by atoms with van der Waals surface area (Å²) in [6, 6.07) is 1.44. The molecule has 0 saturated carbocycles. The number of fused-ring (bicyclic) bond motifs is 1. The molecule has 16 heavy (non-hydrogen) atoms. The Bertz CT molecular complexity index is 448. The third-order valence-corrected chi connectivity index (χ3v) is 2.31. The zero-order chi connectivity index (χ0) is 11.7. The Hall–Kier alpha value is -2.24. The highest BCUT2D eigenvalue weighted by molar-refractivity contribution is 6.21. The van der Waals surface area contributed by atoms with Crippen molar-refractivity contribution in [2.75, 3.05) is 6.54 Å². The van der Waals surface area contributed by atoms with Gasteiger partial charge in [0.25, 0.3) is 11.8 Å².